The fraction of sp³-hybridized carbons (Fsp3) is 0.500. The molecule has 0 saturated heterocycles. The zero-order chi connectivity index (χ0) is 11.8. The highest BCUT2D eigenvalue weighted by molar-refractivity contribution is 6.29. The number of aryl methyl sites for hydroxylation is 1. The van der Waals surface area contributed by atoms with Crippen molar-refractivity contribution in [1.82, 2.24) is 15.3 Å². The van der Waals surface area contributed by atoms with E-state index in [9.17, 15) is 4.79 Å². The molecular formula is C10H15ClN4O. The molecule has 5 nitrogen and oxygen atoms in total. The summed E-state index contributed by atoms with van der Waals surface area (Å²) in [6, 6.07) is 1.69. The van der Waals surface area contributed by atoms with Crippen LogP contribution in [0, 0.1) is 0 Å². The lowest BCUT2D eigenvalue weighted by Crippen LogP contribution is -2.16. The number of halogens is 1. The molecule has 0 aliphatic rings. The predicted octanol–water partition coefficient (Wildman–Crippen LogP) is 1.24. The van der Waals surface area contributed by atoms with E-state index in [1.165, 1.54) is 0 Å². The van der Waals surface area contributed by atoms with Gasteiger partial charge in [0.05, 0.1) is 0 Å². The smallest absolute Gasteiger partial charge is 0.207 e. The molecule has 0 saturated carbocycles. The minimum absolute atomic E-state index is 0.445. The maximum absolute atomic E-state index is 10.00. The molecule has 0 aliphatic carbocycles. The van der Waals surface area contributed by atoms with Crippen LogP contribution < -0.4 is 10.6 Å². The first-order valence-electron chi connectivity index (χ1n) is 5.20. The van der Waals surface area contributed by atoms with Gasteiger partial charge in [-0.25, -0.2) is 9.97 Å². The van der Waals surface area contributed by atoms with E-state index in [0.717, 1.165) is 31.0 Å². The lowest BCUT2D eigenvalue weighted by Gasteiger charge is -2.06. The monoisotopic (exact) mass is 242 g/mol. The van der Waals surface area contributed by atoms with E-state index in [1.807, 2.05) is 6.92 Å². The van der Waals surface area contributed by atoms with Crippen LogP contribution in [0.15, 0.2) is 6.07 Å². The molecule has 88 valence electrons. The third-order valence-corrected chi connectivity index (χ3v) is 2.14. The number of nitrogens with one attached hydrogen (secondary N) is 2. The number of anilines is 1. The van der Waals surface area contributed by atoms with Gasteiger partial charge in [-0.15, -0.1) is 0 Å². The fourth-order valence-corrected chi connectivity index (χ4v) is 1.38. The van der Waals surface area contributed by atoms with Crippen molar-refractivity contribution in [2.45, 2.75) is 19.8 Å². The van der Waals surface area contributed by atoms with Gasteiger partial charge < -0.3 is 10.6 Å². The molecular weight excluding hydrogens is 228 g/mol. The Bertz CT molecular complexity index is 346. The molecule has 1 rings (SSSR count). The minimum atomic E-state index is 0.445. The maximum Gasteiger partial charge on any atom is 0.207 e. The zero-order valence-corrected chi connectivity index (χ0v) is 9.92. The summed E-state index contributed by atoms with van der Waals surface area (Å²) in [6.07, 6.45) is 2.28. The third kappa shape index (κ3) is 4.44. The van der Waals surface area contributed by atoms with Crippen LogP contribution in [-0.2, 0) is 11.2 Å². The summed E-state index contributed by atoms with van der Waals surface area (Å²) in [5.41, 5.74) is 0. The lowest BCUT2D eigenvalue weighted by atomic mass is 10.4. The molecule has 0 radical (unpaired) electrons. The molecule has 0 aromatic carbocycles. The summed E-state index contributed by atoms with van der Waals surface area (Å²) >= 11 is 5.84. The van der Waals surface area contributed by atoms with E-state index in [2.05, 4.69) is 20.6 Å². The second-order valence-electron chi connectivity index (χ2n) is 3.20. The van der Waals surface area contributed by atoms with Crippen molar-refractivity contribution in [3.05, 3.63) is 17.0 Å². The molecule has 1 heterocycles. The molecule has 0 unspecified atom stereocenters. The van der Waals surface area contributed by atoms with E-state index in [0.29, 0.717) is 18.1 Å². The summed E-state index contributed by atoms with van der Waals surface area (Å²) in [7, 11) is 0. The second kappa shape index (κ2) is 7.00. The number of nitrogens with zero attached hydrogens (tertiary/aromatic N) is 2. The van der Waals surface area contributed by atoms with Gasteiger partial charge in [-0.3, -0.25) is 4.79 Å². The standard InChI is InChI=1S/C10H15ClN4O/c1-2-9-14-8(11)6-10(15-9)13-5-3-4-12-7-16/h6-7H,2-5H2,1H3,(H,12,16)(H,13,14,15). The van der Waals surface area contributed by atoms with Crippen molar-refractivity contribution in [3.63, 3.8) is 0 Å². The van der Waals surface area contributed by atoms with Gasteiger partial charge in [0, 0.05) is 25.6 Å². The number of carbonyl (C=O) groups excluding carboxylic acids is 1. The van der Waals surface area contributed by atoms with Crippen LogP contribution in [0.1, 0.15) is 19.2 Å². The van der Waals surface area contributed by atoms with Crippen LogP contribution in [0.5, 0.6) is 0 Å². The normalized spacial score (nSPS) is 9.88. The third-order valence-electron chi connectivity index (χ3n) is 1.94. The van der Waals surface area contributed by atoms with Gasteiger partial charge in [0.15, 0.2) is 0 Å². The Balaban J connectivity index is 2.41. The van der Waals surface area contributed by atoms with Gasteiger partial charge in [0.2, 0.25) is 6.41 Å². The van der Waals surface area contributed by atoms with E-state index < -0.39 is 0 Å². The average molecular weight is 243 g/mol. The summed E-state index contributed by atoms with van der Waals surface area (Å²) in [5, 5.41) is 6.16. The Hall–Kier alpha value is -1.36. The highest BCUT2D eigenvalue weighted by Crippen LogP contribution is 2.11. The average Bonchev–Trinajstić information content (AvgIpc) is 2.28. The summed E-state index contributed by atoms with van der Waals surface area (Å²) in [4.78, 5) is 18.3. The second-order valence-corrected chi connectivity index (χ2v) is 3.59. The van der Waals surface area contributed by atoms with E-state index in [-0.39, 0.29) is 0 Å². The number of aromatic nitrogens is 2. The molecule has 16 heavy (non-hydrogen) atoms. The topological polar surface area (TPSA) is 66.9 Å². The number of carbonyl (C=O) groups is 1. The van der Waals surface area contributed by atoms with E-state index in [4.69, 9.17) is 11.6 Å². The molecule has 1 aromatic heterocycles. The van der Waals surface area contributed by atoms with Crippen LogP contribution in [0.2, 0.25) is 5.15 Å². The van der Waals surface area contributed by atoms with Gasteiger partial charge in [-0.2, -0.15) is 0 Å². The van der Waals surface area contributed by atoms with E-state index in [1.54, 1.807) is 6.07 Å². The molecule has 1 amide bonds. The van der Waals surface area contributed by atoms with Crippen LogP contribution >= 0.6 is 11.6 Å². The minimum Gasteiger partial charge on any atom is -0.370 e. The van der Waals surface area contributed by atoms with Crippen molar-refractivity contribution >= 4 is 23.8 Å². The van der Waals surface area contributed by atoms with Gasteiger partial charge in [-0.1, -0.05) is 18.5 Å². The summed E-state index contributed by atoms with van der Waals surface area (Å²) in [6.45, 7) is 3.36. The number of rotatable bonds is 7. The molecule has 0 aliphatic heterocycles. The first kappa shape index (κ1) is 12.7. The van der Waals surface area contributed by atoms with Gasteiger partial charge in [0.1, 0.15) is 16.8 Å². The number of hydrogen-bond donors (Lipinski definition) is 2. The Morgan fingerprint density at radius 2 is 2.25 bits per heavy atom. The fourth-order valence-electron chi connectivity index (χ4n) is 1.18. The Labute approximate surface area is 99.6 Å². The molecule has 0 spiro atoms. The molecule has 2 N–H and O–H groups in total. The number of amides is 1. The van der Waals surface area contributed by atoms with Crippen molar-refractivity contribution in [2.24, 2.45) is 0 Å². The first-order valence-corrected chi connectivity index (χ1v) is 5.58. The molecule has 1 aromatic rings. The highest BCUT2D eigenvalue weighted by atomic mass is 35.5. The number of hydrogen-bond acceptors (Lipinski definition) is 4. The van der Waals surface area contributed by atoms with Crippen molar-refractivity contribution in [1.29, 1.82) is 0 Å². The van der Waals surface area contributed by atoms with Gasteiger partial charge >= 0.3 is 0 Å². The largest absolute Gasteiger partial charge is 0.370 e. The summed E-state index contributed by atoms with van der Waals surface area (Å²) < 4.78 is 0. The molecule has 0 fully saturated rings. The van der Waals surface area contributed by atoms with Crippen LogP contribution in [0.25, 0.3) is 0 Å². The van der Waals surface area contributed by atoms with Crippen molar-refractivity contribution < 1.29 is 4.79 Å². The van der Waals surface area contributed by atoms with Crippen molar-refractivity contribution in [2.75, 3.05) is 18.4 Å². The quantitative estimate of drug-likeness (QED) is 0.429. The van der Waals surface area contributed by atoms with Crippen molar-refractivity contribution in [3.8, 4) is 0 Å². The highest BCUT2D eigenvalue weighted by Gasteiger charge is 2.00. The van der Waals surface area contributed by atoms with E-state index >= 15 is 0 Å². The van der Waals surface area contributed by atoms with Gasteiger partial charge in [-0.05, 0) is 6.42 Å². The summed E-state index contributed by atoms with van der Waals surface area (Å²) in [5.74, 6) is 1.45. The Morgan fingerprint density at radius 3 is 2.94 bits per heavy atom. The maximum atomic E-state index is 10.00. The molecule has 6 heteroatoms. The first-order chi connectivity index (χ1) is 7.76. The molecule has 0 atom stereocenters. The predicted molar refractivity (Wildman–Crippen MR) is 63.6 cm³/mol. The lowest BCUT2D eigenvalue weighted by molar-refractivity contribution is -0.109. The van der Waals surface area contributed by atoms with Crippen LogP contribution in [-0.4, -0.2) is 29.5 Å². The Kier molecular flexibility index (Phi) is 5.56. The van der Waals surface area contributed by atoms with Gasteiger partial charge in [0.25, 0.3) is 0 Å². The van der Waals surface area contributed by atoms with Crippen LogP contribution in [0.3, 0.4) is 0 Å². The molecule has 0 bridgehead atoms. The van der Waals surface area contributed by atoms with Crippen LogP contribution in [0.4, 0.5) is 5.82 Å². The Morgan fingerprint density at radius 1 is 1.44 bits per heavy atom. The zero-order valence-electron chi connectivity index (χ0n) is 9.16. The SMILES string of the molecule is CCc1nc(Cl)cc(NCCCNC=O)n1.